The number of hydrogen-bond acceptors (Lipinski definition) is 3. The van der Waals surface area contributed by atoms with E-state index in [0.717, 1.165) is 43.3 Å². The van der Waals surface area contributed by atoms with Crippen LogP contribution in [0.1, 0.15) is 11.1 Å². The van der Waals surface area contributed by atoms with Crippen molar-refractivity contribution in [2.45, 2.75) is 6.54 Å². The smallest absolute Gasteiger partial charge is 0.0557 e. The van der Waals surface area contributed by atoms with E-state index in [1.807, 2.05) is 24.3 Å². The highest BCUT2D eigenvalue weighted by atomic mass is 35.5. The highest BCUT2D eigenvalue weighted by Gasteiger charge is 2.15. The van der Waals surface area contributed by atoms with Gasteiger partial charge in [0.05, 0.1) is 11.2 Å². The largest absolute Gasteiger partial charge is 0.295 e. The summed E-state index contributed by atoms with van der Waals surface area (Å²) in [6.07, 6.45) is 1.80. The first-order valence-electron chi connectivity index (χ1n) is 7.81. The summed E-state index contributed by atoms with van der Waals surface area (Å²) in [5.41, 5.74) is 2.16. The van der Waals surface area contributed by atoms with E-state index in [2.05, 4.69) is 27.1 Å². The Balaban J connectivity index is 1.51. The van der Waals surface area contributed by atoms with Crippen LogP contribution in [0.4, 0.5) is 0 Å². The van der Waals surface area contributed by atoms with Crippen LogP contribution >= 0.6 is 34.8 Å². The molecule has 2 aromatic rings. The molecular formula is C18H18Cl3N3. The van der Waals surface area contributed by atoms with Crippen molar-refractivity contribution in [2.75, 3.05) is 26.2 Å². The van der Waals surface area contributed by atoms with Crippen molar-refractivity contribution in [2.24, 2.45) is 5.10 Å². The minimum atomic E-state index is 0.618. The summed E-state index contributed by atoms with van der Waals surface area (Å²) < 4.78 is 0. The quantitative estimate of drug-likeness (QED) is 0.707. The molecule has 1 fully saturated rings. The van der Waals surface area contributed by atoms with E-state index in [0.29, 0.717) is 10.0 Å². The third-order valence-corrected chi connectivity index (χ3v) is 4.81. The standard InChI is InChI=1S/C18H18Cl3N3/c19-16-4-1-14(2-5-16)13-23-7-9-24(10-8-23)22-12-15-3-6-17(20)11-18(15)21/h1-6,11-12H,7-10,13H2/b22-12+. The van der Waals surface area contributed by atoms with Crippen molar-refractivity contribution in [3.8, 4) is 0 Å². The van der Waals surface area contributed by atoms with E-state index in [9.17, 15) is 0 Å². The molecule has 1 heterocycles. The molecule has 0 aromatic heterocycles. The van der Waals surface area contributed by atoms with Gasteiger partial charge in [0, 0.05) is 48.3 Å². The molecule has 0 unspecified atom stereocenters. The molecule has 0 N–H and O–H groups in total. The van der Waals surface area contributed by atoms with Crippen molar-refractivity contribution in [1.82, 2.24) is 9.91 Å². The lowest BCUT2D eigenvalue weighted by atomic mass is 10.2. The Labute approximate surface area is 157 Å². The van der Waals surface area contributed by atoms with E-state index in [1.54, 1.807) is 12.3 Å². The zero-order chi connectivity index (χ0) is 16.9. The molecule has 0 spiro atoms. The predicted octanol–water partition coefficient (Wildman–Crippen LogP) is 4.80. The van der Waals surface area contributed by atoms with Crippen LogP contribution in [-0.4, -0.2) is 42.3 Å². The molecule has 0 saturated carbocycles. The van der Waals surface area contributed by atoms with Gasteiger partial charge in [-0.1, -0.05) is 53.0 Å². The first-order valence-corrected chi connectivity index (χ1v) is 8.94. The van der Waals surface area contributed by atoms with Crippen molar-refractivity contribution < 1.29 is 0 Å². The van der Waals surface area contributed by atoms with E-state index >= 15 is 0 Å². The summed E-state index contributed by atoms with van der Waals surface area (Å²) in [4.78, 5) is 2.42. The highest BCUT2D eigenvalue weighted by Crippen LogP contribution is 2.19. The summed E-state index contributed by atoms with van der Waals surface area (Å²) in [5.74, 6) is 0. The van der Waals surface area contributed by atoms with Gasteiger partial charge in [-0.3, -0.25) is 9.91 Å². The van der Waals surface area contributed by atoms with Crippen LogP contribution < -0.4 is 0 Å². The fourth-order valence-electron chi connectivity index (χ4n) is 2.61. The molecule has 3 rings (SSSR count). The van der Waals surface area contributed by atoms with E-state index in [1.165, 1.54) is 5.56 Å². The first-order chi connectivity index (χ1) is 11.6. The zero-order valence-corrected chi connectivity index (χ0v) is 15.4. The average molecular weight is 383 g/mol. The van der Waals surface area contributed by atoms with Gasteiger partial charge in [0.2, 0.25) is 0 Å². The third kappa shape index (κ3) is 4.87. The molecule has 1 aliphatic rings. The summed E-state index contributed by atoms with van der Waals surface area (Å²) in [7, 11) is 0. The molecule has 6 heteroatoms. The van der Waals surface area contributed by atoms with Gasteiger partial charge in [-0.05, 0) is 29.8 Å². The highest BCUT2D eigenvalue weighted by molar-refractivity contribution is 6.36. The minimum absolute atomic E-state index is 0.618. The molecule has 0 amide bonds. The minimum Gasteiger partial charge on any atom is -0.295 e. The molecule has 24 heavy (non-hydrogen) atoms. The van der Waals surface area contributed by atoms with Crippen LogP contribution in [-0.2, 0) is 6.54 Å². The van der Waals surface area contributed by atoms with Crippen molar-refractivity contribution >= 4 is 41.0 Å². The maximum absolute atomic E-state index is 6.16. The average Bonchev–Trinajstić information content (AvgIpc) is 2.57. The Kier molecular flexibility index (Phi) is 6.01. The third-order valence-electron chi connectivity index (χ3n) is 3.99. The lowest BCUT2D eigenvalue weighted by Gasteiger charge is -2.33. The van der Waals surface area contributed by atoms with Gasteiger partial charge < -0.3 is 0 Å². The summed E-state index contributed by atoms with van der Waals surface area (Å²) in [5, 5.41) is 8.63. The van der Waals surface area contributed by atoms with Crippen LogP contribution in [0.3, 0.4) is 0 Å². The monoisotopic (exact) mass is 381 g/mol. The Morgan fingerprint density at radius 1 is 0.875 bits per heavy atom. The topological polar surface area (TPSA) is 18.8 Å². The maximum atomic E-state index is 6.16. The molecule has 126 valence electrons. The fraction of sp³-hybridized carbons (Fsp3) is 0.278. The maximum Gasteiger partial charge on any atom is 0.0557 e. The number of hydrogen-bond donors (Lipinski definition) is 0. The van der Waals surface area contributed by atoms with Gasteiger partial charge in [-0.2, -0.15) is 5.10 Å². The van der Waals surface area contributed by atoms with E-state index in [-0.39, 0.29) is 0 Å². The van der Waals surface area contributed by atoms with Gasteiger partial charge in [0.1, 0.15) is 0 Å². The molecule has 0 atom stereocenters. The second-order valence-corrected chi connectivity index (χ2v) is 7.05. The van der Waals surface area contributed by atoms with Crippen molar-refractivity contribution in [3.05, 3.63) is 68.7 Å². The second-order valence-electron chi connectivity index (χ2n) is 5.77. The van der Waals surface area contributed by atoms with E-state index in [4.69, 9.17) is 34.8 Å². The van der Waals surface area contributed by atoms with Gasteiger partial charge >= 0.3 is 0 Å². The molecular weight excluding hydrogens is 365 g/mol. The first kappa shape index (κ1) is 17.6. The van der Waals surface area contributed by atoms with Crippen LogP contribution in [0.5, 0.6) is 0 Å². The van der Waals surface area contributed by atoms with Crippen molar-refractivity contribution in [1.29, 1.82) is 0 Å². The van der Waals surface area contributed by atoms with Crippen molar-refractivity contribution in [3.63, 3.8) is 0 Å². The fourth-order valence-corrected chi connectivity index (χ4v) is 3.19. The number of piperazine rings is 1. The molecule has 2 aromatic carbocycles. The summed E-state index contributed by atoms with van der Waals surface area (Å²) in [6.45, 7) is 4.70. The molecule has 0 aliphatic carbocycles. The normalized spacial score (nSPS) is 16.0. The van der Waals surface area contributed by atoms with Gasteiger partial charge in [-0.25, -0.2) is 0 Å². The van der Waals surface area contributed by atoms with Crippen LogP contribution in [0.25, 0.3) is 0 Å². The van der Waals surface area contributed by atoms with Gasteiger partial charge in [-0.15, -0.1) is 0 Å². The lowest BCUT2D eigenvalue weighted by molar-refractivity contribution is 0.131. The number of rotatable bonds is 4. The Hall–Kier alpha value is -1.26. The number of halogens is 3. The second kappa shape index (κ2) is 8.21. The molecule has 1 aliphatic heterocycles. The Morgan fingerprint density at radius 3 is 2.21 bits per heavy atom. The van der Waals surface area contributed by atoms with Crippen LogP contribution in [0, 0.1) is 0 Å². The Bertz CT molecular complexity index is 708. The Morgan fingerprint density at radius 2 is 1.54 bits per heavy atom. The molecule has 1 saturated heterocycles. The summed E-state index contributed by atoms with van der Waals surface area (Å²) >= 11 is 18.0. The van der Waals surface area contributed by atoms with Crippen LogP contribution in [0.2, 0.25) is 15.1 Å². The lowest BCUT2D eigenvalue weighted by Crippen LogP contribution is -2.43. The number of nitrogens with zero attached hydrogens (tertiary/aromatic N) is 3. The molecule has 3 nitrogen and oxygen atoms in total. The SMILES string of the molecule is Clc1ccc(CN2CCN(/N=C/c3ccc(Cl)cc3Cl)CC2)cc1. The van der Waals surface area contributed by atoms with Crippen LogP contribution in [0.15, 0.2) is 47.6 Å². The van der Waals surface area contributed by atoms with E-state index < -0.39 is 0 Å². The molecule has 0 bridgehead atoms. The molecule has 0 radical (unpaired) electrons. The number of benzene rings is 2. The van der Waals surface area contributed by atoms with Gasteiger partial charge in [0.15, 0.2) is 0 Å². The zero-order valence-electron chi connectivity index (χ0n) is 13.1. The summed E-state index contributed by atoms with van der Waals surface area (Å²) in [6, 6.07) is 13.5. The van der Waals surface area contributed by atoms with Gasteiger partial charge in [0.25, 0.3) is 0 Å². The number of hydrazone groups is 1. The predicted molar refractivity (Wildman–Crippen MR) is 102 cm³/mol.